The fraction of sp³-hybridized carbons (Fsp3) is 0.412. The number of nitrogens with zero attached hydrogens (tertiary/aromatic N) is 1. The lowest BCUT2D eigenvalue weighted by Gasteiger charge is -2.26. The minimum Gasteiger partial charge on any atom is -0.351 e. The van der Waals surface area contributed by atoms with Gasteiger partial charge >= 0.3 is 0 Å². The summed E-state index contributed by atoms with van der Waals surface area (Å²) in [5.74, 6) is 0.564. The molecule has 0 atom stereocenters. The fourth-order valence-corrected chi connectivity index (χ4v) is 3.66. The highest BCUT2D eigenvalue weighted by atomic mass is 32.1. The van der Waals surface area contributed by atoms with Crippen molar-refractivity contribution in [2.45, 2.75) is 20.8 Å². The number of nitrogens with one attached hydrogen (secondary N) is 2. The predicted molar refractivity (Wildman–Crippen MR) is 90.5 cm³/mol. The largest absolute Gasteiger partial charge is 0.351 e. The fourth-order valence-electron chi connectivity index (χ4n) is 2.59. The van der Waals surface area contributed by atoms with Crippen molar-refractivity contribution >= 4 is 17.2 Å². The van der Waals surface area contributed by atoms with Crippen molar-refractivity contribution in [1.82, 2.24) is 15.6 Å². The van der Waals surface area contributed by atoms with E-state index in [1.54, 1.807) is 0 Å². The van der Waals surface area contributed by atoms with E-state index in [2.05, 4.69) is 47.7 Å². The molecule has 0 radical (unpaired) electrons. The van der Waals surface area contributed by atoms with Crippen LogP contribution in [0.1, 0.15) is 26.5 Å². The van der Waals surface area contributed by atoms with E-state index in [9.17, 15) is 4.79 Å². The molecule has 1 aromatic carbocycles. The van der Waals surface area contributed by atoms with Gasteiger partial charge in [-0.25, -0.2) is 4.98 Å². The number of hydrogen-bond donors (Lipinski definition) is 2. The van der Waals surface area contributed by atoms with Crippen molar-refractivity contribution in [2.75, 3.05) is 19.6 Å². The summed E-state index contributed by atoms with van der Waals surface area (Å²) in [6.45, 7) is 8.80. The summed E-state index contributed by atoms with van der Waals surface area (Å²) in [6, 6.07) is 6.32. The van der Waals surface area contributed by atoms with Crippen molar-refractivity contribution in [3.05, 3.63) is 39.9 Å². The molecule has 3 rings (SSSR count). The van der Waals surface area contributed by atoms with Crippen LogP contribution in [0, 0.1) is 26.7 Å². The second-order valence-electron chi connectivity index (χ2n) is 5.99. The smallest absolute Gasteiger partial charge is 0.263 e. The Hall–Kier alpha value is -1.72. The van der Waals surface area contributed by atoms with Gasteiger partial charge < -0.3 is 10.6 Å². The number of carbonyl (C=O) groups excluding carboxylic acids is 1. The molecule has 22 heavy (non-hydrogen) atoms. The van der Waals surface area contributed by atoms with E-state index in [4.69, 9.17) is 0 Å². The molecule has 116 valence electrons. The monoisotopic (exact) mass is 315 g/mol. The third kappa shape index (κ3) is 3.05. The van der Waals surface area contributed by atoms with E-state index in [0.717, 1.165) is 40.8 Å². The van der Waals surface area contributed by atoms with Crippen LogP contribution in [0.15, 0.2) is 18.2 Å². The summed E-state index contributed by atoms with van der Waals surface area (Å²) in [7, 11) is 0. The average molecular weight is 315 g/mol. The number of aryl methyl sites for hydroxylation is 3. The molecular weight excluding hydrogens is 294 g/mol. The molecule has 0 spiro atoms. The molecule has 1 aromatic heterocycles. The zero-order valence-corrected chi connectivity index (χ0v) is 14.0. The van der Waals surface area contributed by atoms with Crippen molar-refractivity contribution in [1.29, 1.82) is 0 Å². The zero-order valence-electron chi connectivity index (χ0n) is 13.2. The van der Waals surface area contributed by atoms with E-state index in [-0.39, 0.29) is 5.91 Å². The molecule has 1 amide bonds. The van der Waals surface area contributed by atoms with E-state index in [1.165, 1.54) is 22.5 Å². The summed E-state index contributed by atoms with van der Waals surface area (Å²) in [5.41, 5.74) is 4.35. The first-order chi connectivity index (χ1) is 10.5. The summed E-state index contributed by atoms with van der Waals surface area (Å²) < 4.78 is 0. The van der Waals surface area contributed by atoms with E-state index in [1.807, 2.05) is 6.92 Å². The van der Waals surface area contributed by atoms with Crippen molar-refractivity contribution in [2.24, 2.45) is 5.92 Å². The van der Waals surface area contributed by atoms with Gasteiger partial charge in [0.15, 0.2) is 0 Å². The molecule has 0 saturated carbocycles. The van der Waals surface area contributed by atoms with Crippen LogP contribution in [-0.4, -0.2) is 30.5 Å². The Labute approximate surface area is 135 Å². The van der Waals surface area contributed by atoms with Crippen LogP contribution in [0.2, 0.25) is 0 Å². The molecule has 1 aliphatic rings. The highest BCUT2D eigenvalue weighted by Crippen LogP contribution is 2.30. The molecule has 2 N–H and O–H groups in total. The Kier molecular flexibility index (Phi) is 4.27. The molecule has 0 unspecified atom stereocenters. The van der Waals surface area contributed by atoms with Crippen LogP contribution in [0.5, 0.6) is 0 Å². The Morgan fingerprint density at radius 3 is 2.77 bits per heavy atom. The van der Waals surface area contributed by atoms with Gasteiger partial charge in [0.2, 0.25) is 0 Å². The topological polar surface area (TPSA) is 54.0 Å². The number of amides is 1. The third-order valence-electron chi connectivity index (χ3n) is 4.03. The van der Waals surface area contributed by atoms with Gasteiger partial charge in [0, 0.05) is 31.1 Å². The van der Waals surface area contributed by atoms with E-state index in [0.29, 0.717) is 5.92 Å². The molecule has 5 heteroatoms. The van der Waals surface area contributed by atoms with Crippen molar-refractivity contribution < 1.29 is 4.79 Å². The van der Waals surface area contributed by atoms with E-state index < -0.39 is 0 Å². The molecular formula is C17H21N3OS. The maximum Gasteiger partial charge on any atom is 0.263 e. The molecule has 1 fully saturated rings. The summed E-state index contributed by atoms with van der Waals surface area (Å²) in [4.78, 5) is 17.7. The number of hydrogen-bond acceptors (Lipinski definition) is 4. The standard InChI is InChI=1S/C17H21N3OS/c1-10-4-5-14(11(2)6-10)17-20-12(3)15(22-17)16(21)19-9-13-7-18-8-13/h4-6,13,18H,7-9H2,1-3H3,(H,19,21). The lowest BCUT2D eigenvalue weighted by atomic mass is 10.0. The number of rotatable bonds is 4. The van der Waals surface area contributed by atoms with Gasteiger partial charge in [-0.15, -0.1) is 11.3 Å². The number of aromatic nitrogens is 1. The maximum absolute atomic E-state index is 12.3. The third-order valence-corrected chi connectivity index (χ3v) is 5.22. The first kappa shape index (κ1) is 15.2. The lowest BCUT2D eigenvalue weighted by molar-refractivity contribution is 0.0945. The first-order valence-corrected chi connectivity index (χ1v) is 8.40. The van der Waals surface area contributed by atoms with Crippen LogP contribution in [0.4, 0.5) is 0 Å². The average Bonchev–Trinajstić information content (AvgIpc) is 2.78. The van der Waals surface area contributed by atoms with Gasteiger partial charge in [-0.05, 0) is 26.3 Å². The van der Waals surface area contributed by atoms with Gasteiger partial charge in [-0.2, -0.15) is 0 Å². The van der Waals surface area contributed by atoms with Gasteiger partial charge in [0.25, 0.3) is 5.91 Å². The van der Waals surface area contributed by atoms with Gasteiger partial charge in [-0.1, -0.05) is 23.8 Å². The van der Waals surface area contributed by atoms with Crippen LogP contribution in [0.25, 0.3) is 10.6 Å². The number of thiazole rings is 1. The molecule has 2 aromatic rings. The minimum atomic E-state index is -0.00193. The molecule has 2 heterocycles. The van der Waals surface area contributed by atoms with Crippen LogP contribution in [-0.2, 0) is 0 Å². The van der Waals surface area contributed by atoms with Gasteiger partial charge in [-0.3, -0.25) is 4.79 Å². The molecule has 4 nitrogen and oxygen atoms in total. The zero-order chi connectivity index (χ0) is 15.7. The second kappa shape index (κ2) is 6.18. The van der Waals surface area contributed by atoms with Gasteiger partial charge in [0.1, 0.15) is 9.88 Å². The van der Waals surface area contributed by atoms with E-state index >= 15 is 0 Å². The Bertz CT molecular complexity index is 704. The van der Waals surface area contributed by atoms with Crippen molar-refractivity contribution in [3.63, 3.8) is 0 Å². The first-order valence-electron chi connectivity index (χ1n) is 7.58. The van der Waals surface area contributed by atoms with Crippen LogP contribution in [0.3, 0.4) is 0 Å². The number of carbonyl (C=O) groups is 1. The number of benzene rings is 1. The Morgan fingerprint density at radius 2 is 2.14 bits per heavy atom. The molecule has 1 saturated heterocycles. The highest BCUT2D eigenvalue weighted by molar-refractivity contribution is 7.17. The quantitative estimate of drug-likeness (QED) is 0.912. The normalized spacial score (nSPS) is 14.7. The Morgan fingerprint density at radius 1 is 1.36 bits per heavy atom. The SMILES string of the molecule is Cc1ccc(-c2nc(C)c(C(=O)NCC3CNC3)s2)c(C)c1. The minimum absolute atomic E-state index is 0.00193. The maximum atomic E-state index is 12.3. The lowest BCUT2D eigenvalue weighted by Crippen LogP contribution is -2.48. The van der Waals surface area contributed by atoms with Crippen LogP contribution >= 0.6 is 11.3 Å². The molecule has 1 aliphatic heterocycles. The summed E-state index contributed by atoms with van der Waals surface area (Å²) >= 11 is 1.48. The van der Waals surface area contributed by atoms with Crippen molar-refractivity contribution in [3.8, 4) is 10.6 Å². The molecule has 0 bridgehead atoms. The molecule has 0 aliphatic carbocycles. The predicted octanol–water partition coefficient (Wildman–Crippen LogP) is 2.68. The highest BCUT2D eigenvalue weighted by Gasteiger charge is 2.20. The summed E-state index contributed by atoms with van der Waals surface area (Å²) in [6.07, 6.45) is 0. The van der Waals surface area contributed by atoms with Crippen LogP contribution < -0.4 is 10.6 Å². The summed E-state index contributed by atoms with van der Waals surface area (Å²) in [5, 5.41) is 7.15. The Balaban J connectivity index is 1.79. The van der Waals surface area contributed by atoms with Gasteiger partial charge in [0.05, 0.1) is 5.69 Å². The second-order valence-corrected chi connectivity index (χ2v) is 6.99.